The van der Waals surface area contributed by atoms with E-state index in [4.69, 9.17) is 0 Å². The van der Waals surface area contributed by atoms with Gasteiger partial charge in [0.05, 0.1) is 0 Å². The summed E-state index contributed by atoms with van der Waals surface area (Å²) in [4.78, 5) is 1.35. The Hall–Kier alpha value is -1.12. The van der Waals surface area contributed by atoms with Crippen molar-refractivity contribution in [3.8, 4) is 10.4 Å². The van der Waals surface area contributed by atoms with E-state index in [2.05, 4.69) is 61.8 Å². The van der Waals surface area contributed by atoms with Crippen LogP contribution in [0.25, 0.3) is 10.4 Å². The minimum absolute atomic E-state index is 0.540. The van der Waals surface area contributed by atoms with Gasteiger partial charge < -0.3 is 5.32 Å². The van der Waals surface area contributed by atoms with Crippen molar-refractivity contribution in [2.45, 2.75) is 33.4 Å². The smallest absolute Gasteiger partial charge is 0.0346 e. The van der Waals surface area contributed by atoms with E-state index in [9.17, 15) is 0 Å². The van der Waals surface area contributed by atoms with Gasteiger partial charge in [-0.2, -0.15) is 0 Å². The quantitative estimate of drug-likeness (QED) is 0.850. The molecule has 0 aliphatic rings. The van der Waals surface area contributed by atoms with E-state index in [0.29, 0.717) is 6.04 Å². The molecule has 2 rings (SSSR count). The average Bonchev–Trinajstić information content (AvgIpc) is 2.76. The molecule has 0 saturated heterocycles. The number of hydrogen-bond acceptors (Lipinski definition) is 2. The molecule has 0 unspecified atom stereocenters. The van der Waals surface area contributed by atoms with Gasteiger partial charge in [0.25, 0.3) is 0 Å². The van der Waals surface area contributed by atoms with Crippen LogP contribution in [0.1, 0.15) is 25.0 Å². The second-order valence-corrected chi connectivity index (χ2v) is 5.63. The van der Waals surface area contributed by atoms with Crippen LogP contribution in [0.4, 0.5) is 0 Å². The van der Waals surface area contributed by atoms with Crippen LogP contribution < -0.4 is 5.32 Å². The lowest BCUT2D eigenvalue weighted by Crippen LogP contribution is -2.21. The molecule has 2 heteroatoms. The molecule has 0 atom stereocenters. The van der Waals surface area contributed by atoms with Crippen LogP contribution in [0.3, 0.4) is 0 Å². The molecule has 0 spiro atoms. The number of aryl methyl sites for hydroxylation is 1. The molecule has 17 heavy (non-hydrogen) atoms. The summed E-state index contributed by atoms with van der Waals surface area (Å²) in [7, 11) is 0. The first-order valence-electron chi connectivity index (χ1n) is 6.03. The lowest BCUT2D eigenvalue weighted by Gasteiger charge is -2.05. The second kappa shape index (κ2) is 5.48. The highest BCUT2D eigenvalue weighted by Crippen LogP contribution is 2.27. The Morgan fingerprint density at radius 2 is 1.88 bits per heavy atom. The molecule has 0 fully saturated rings. The summed E-state index contributed by atoms with van der Waals surface area (Å²) in [5.74, 6) is 0. The van der Waals surface area contributed by atoms with Crippen LogP contribution in [0, 0.1) is 6.92 Å². The first-order chi connectivity index (χ1) is 8.15. The van der Waals surface area contributed by atoms with Gasteiger partial charge in [-0.25, -0.2) is 0 Å². The fourth-order valence-electron chi connectivity index (χ4n) is 1.66. The van der Waals surface area contributed by atoms with Crippen LogP contribution in [0.15, 0.2) is 35.7 Å². The zero-order valence-corrected chi connectivity index (χ0v) is 11.5. The maximum absolute atomic E-state index is 3.44. The van der Waals surface area contributed by atoms with Crippen molar-refractivity contribution < 1.29 is 0 Å². The number of nitrogens with one attached hydrogen (secondary N) is 1. The summed E-state index contributed by atoms with van der Waals surface area (Å²) in [6, 6.07) is 11.5. The van der Waals surface area contributed by atoms with Gasteiger partial charge in [-0.05, 0) is 29.5 Å². The van der Waals surface area contributed by atoms with Gasteiger partial charge in [-0.1, -0.05) is 43.7 Å². The van der Waals surface area contributed by atoms with Gasteiger partial charge in [-0.3, -0.25) is 0 Å². The highest BCUT2D eigenvalue weighted by atomic mass is 32.1. The van der Waals surface area contributed by atoms with Crippen LogP contribution in [-0.4, -0.2) is 6.04 Å². The maximum atomic E-state index is 3.44. The Morgan fingerprint density at radius 1 is 1.18 bits per heavy atom. The Balaban J connectivity index is 2.10. The van der Waals surface area contributed by atoms with E-state index in [1.54, 1.807) is 0 Å². The monoisotopic (exact) mass is 245 g/mol. The number of thiophene rings is 1. The van der Waals surface area contributed by atoms with E-state index < -0.39 is 0 Å². The zero-order valence-electron chi connectivity index (χ0n) is 10.7. The van der Waals surface area contributed by atoms with Crippen molar-refractivity contribution in [1.82, 2.24) is 5.32 Å². The lowest BCUT2D eigenvalue weighted by atomic mass is 10.1. The molecular weight excluding hydrogens is 226 g/mol. The van der Waals surface area contributed by atoms with E-state index in [-0.39, 0.29) is 0 Å². The first-order valence-corrected chi connectivity index (χ1v) is 6.91. The summed E-state index contributed by atoms with van der Waals surface area (Å²) in [6.45, 7) is 7.43. The Bertz CT molecular complexity index is 468. The minimum atomic E-state index is 0.540. The normalized spacial score (nSPS) is 11.1. The van der Waals surface area contributed by atoms with Crippen molar-refractivity contribution >= 4 is 11.3 Å². The number of hydrogen-bond donors (Lipinski definition) is 1. The van der Waals surface area contributed by atoms with Crippen molar-refractivity contribution in [2.75, 3.05) is 0 Å². The molecule has 0 amide bonds. The first kappa shape index (κ1) is 12.3. The van der Waals surface area contributed by atoms with Crippen molar-refractivity contribution in [3.05, 3.63) is 46.8 Å². The third kappa shape index (κ3) is 3.42. The molecule has 1 heterocycles. The molecule has 1 aromatic heterocycles. The summed E-state index contributed by atoms with van der Waals surface area (Å²) < 4.78 is 0. The Morgan fingerprint density at radius 3 is 2.53 bits per heavy atom. The van der Waals surface area contributed by atoms with E-state index in [1.807, 2.05) is 11.3 Å². The molecule has 0 aliphatic carbocycles. The topological polar surface area (TPSA) is 12.0 Å². The van der Waals surface area contributed by atoms with Gasteiger partial charge in [0.2, 0.25) is 0 Å². The van der Waals surface area contributed by atoms with Crippen molar-refractivity contribution in [3.63, 3.8) is 0 Å². The van der Waals surface area contributed by atoms with Crippen molar-refractivity contribution in [1.29, 1.82) is 0 Å². The molecule has 0 radical (unpaired) electrons. The van der Waals surface area contributed by atoms with E-state index >= 15 is 0 Å². The molecule has 0 bridgehead atoms. The minimum Gasteiger partial charge on any atom is -0.310 e. The predicted molar refractivity (Wildman–Crippen MR) is 76.5 cm³/mol. The fraction of sp³-hybridized carbons (Fsp3) is 0.333. The molecule has 1 nitrogen and oxygen atoms in total. The lowest BCUT2D eigenvalue weighted by molar-refractivity contribution is 0.590. The SMILES string of the molecule is Cc1ccc(-c2cc(CNC(C)C)cs2)cc1. The van der Waals surface area contributed by atoms with Crippen LogP contribution >= 0.6 is 11.3 Å². The predicted octanol–water partition coefficient (Wildman–Crippen LogP) is 4.22. The van der Waals surface area contributed by atoms with Gasteiger partial charge >= 0.3 is 0 Å². The molecular formula is C15H19NS. The third-order valence-electron chi connectivity index (χ3n) is 2.70. The van der Waals surface area contributed by atoms with Crippen molar-refractivity contribution in [2.24, 2.45) is 0 Å². The molecule has 0 saturated carbocycles. The van der Waals surface area contributed by atoms with Gasteiger partial charge in [0.15, 0.2) is 0 Å². The molecule has 1 N–H and O–H groups in total. The second-order valence-electron chi connectivity index (χ2n) is 4.72. The van der Waals surface area contributed by atoms with Gasteiger partial charge in [-0.15, -0.1) is 11.3 Å². The van der Waals surface area contributed by atoms with Crippen LogP contribution in [-0.2, 0) is 6.54 Å². The third-order valence-corrected chi connectivity index (χ3v) is 3.73. The highest BCUT2D eigenvalue weighted by Gasteiger charge is 2.03. The average molecular weight is 245 g/mol. The molecule has 90 valence electrons. The Kier molecular flexibility index (Phi) is 3.97. The number of benzene rings is 1. The fourth-order valence-corrected chi connectivity index (χ4v) is 2.58. The summed E-state index contributed by atoms with van der Waals surface area (Å²) in [5, 5.41) is 5.68. The Labute approximate surface area is 108 Å². The molecule has 2 aromatic rings. The summed E-state index contributed by atoms with van der Waals surface area (Å²) >= 11 is 1.82. The molecule has 1 aromatic carbocycles. The summed E-state index contributed by atoms with van der Waals surface area (Å²) in [5.41, 5.74) is 4.00. The number of rotatable bonds is 4. The zero-order chi connectivity index (χ0) is 12.3. The van der Waals surface area contributed by atoms with Gasteiger partial charge in [0, 0.05) is 17.5 Å². The highest BCUT2D eigenvalue weighted by molar-refractivity contribution is 7.13. The van der Waals surface area contributed by atoms with E-state index in [0.717, 1.165) is 6.54 Å². The van der Waals surface area contributed by atoms with Crippen LogP contribution in [0.2, 0.25) is 0 Å². The van der Waals surface area contributed by atoms with E-state index in [1.165, 1.54) is 21.6 Å². The van der Waals surface area contributed by atoms with Crippen LogP contribution in [0.5, 0.6) is 0 Å². The summed E-state index contributed by atoms with van der Waals surface area (Å²) in [6.07, 6.45) is 0. The largest absolute Gasteiger partial charge is 0.310 e. The maximum Gasteiger partial charge on any atom is 0.0346 e. The van der Waals surface area contributed by atoms with Gasteiger partial charge in [0.1, 0.15) is 0 Å². The standard InChI is InChI=1S/C15H19NS/c1-11(2)16-9-13-8-15(17-10-13)14-6-4-12(3)5-7-14/h4-8,10-11,16H,9H2,1-3H3. The molecule has 0 aliphatic heterocycles.